The highest BCUT2D eigenvalue weighted by Crippen LogP contribution is 2.18. The van der Waals surface area contributed by atoms with Crippen LogP contribution < -0.4 is 5.32 Å². The molecule has 90 valence electrons. The lowest BCUT2D eigenvalue weighted by Crippen LogP contribution is -2.22. The van der Waals surface area contributed by atoms with E-state index in [0.717, 1.165) is 30.3 Å². The van der Waals surface area contributed by atoms with Crippen LogP contribution in [0.4, 0.5) is 0 Å². The fourth-order valence-electron chi connectivity index (χ4n) is 1.68. The van der Waals surface area contributed by atoms with Crippen LogP contribution >= 0.6 is 0 Å². The van der Waals surface area contributed by atoms with Crippen LogP contribution in [0, 0.1) is 12.8 Å². The largest absolute Gasteiger partial charge is 0.309 e. The van der Waals surface area contributed by atoms with Crippen molar-refractivity contribution < 1.29 is 0 Å². The number of aryl methyl sites for hydroxylation is 1. The van der Waals surface area contributed by atoms with Crippen LogP contribution in [0.25, 0.3) is 0 Å². The molecule has 0 aliphatic carbocycles. The fourth-order valence-corrected chi connectivity index (χ4v) is 1.68. The van der Waals surface area contributed by atoms with E-state index in [0.29, 0.717) is 6.04 Å². The Bertz CT molecular complexity index is 293. The van der Waals surface area contributed by atoms with Gasteiger partial charge in [-0.1, -0.05) is 20.8 Å². The topological polar surface area (TPSA) is 37.8 Å². The van der Waals surface area contributed by atoms with E-state index in [2.05, 4.69) is 36.1 Å². The molecule has 1 aromatic heterocycles. The van der Waals surface area contributed by atoms with Gasteiger partial charge >= 0.3 is 0 Å². The van der Waals surface area contributed by atoms with Gasteiger partial charge in [0, 0.05) is 6.20 Å². The first kappa shape index (κ1) is 13.1. The highest BCUT2D eigenvalue weighted by Gasteiger charge is 2.12. The fraction of sp³-hybridized carbons (Fsp3) is 0.692. The third-order valence-corrected chi connectivity index (χ3v) is 2.64. The molecule has 1 N–H and O–H groups in total. The van der Waals surface area contributed by atoms with Crippen molar-refractivity contribution in [2.75, 3.05) is 6.54 Å². The van der Waals surface area contributed by atoms with Crippen molar-refractivity contribution in [2.45, 2.75) is 46.6 Å². The summed E-state index contributed by atoms with van der Waals surface area (Å²) in [5, 5.41) is 3.47. The molecular weight excluding hydrogens is 198 g/mol. The molecule has 16 heavy (non-hydrogen) atoms. The summed E-state index contributed by atoms with van der Waals surface area (Å²) in [6, 6.07) is 0.348. The summed E-state index contributed by atoms with van der Waals surface area (Å²) < 4.78 is 0. The molecule has 0 aromatic carbocycles. The molecule has 1 unspecified atom stereocenters. The molecule has 0 saturated heterocycles. The first-order valence-electron chi connectivity index (χ1n) is 6.15. The summed E-state index contributed by atoms with van der Waals surface area (Å²) in [7, 11) is 0. The maximum Gasteiger partial charge on any atom is 0.0756 e. The molecule has 1 aromatic rings. The van der Waals surface area contributed by atoms with Crippen molar-refractivity contribution in [3.8, 4) is 0 Å². The summed E-state index contributed by atoms with van der Waals surface area (Å²) in [4.78, 5) is 8.76. The molecule has 3 heteroatoms. The van der Waals surface area contributed by atoms with Crippen LogP contribution in [0.5, 0.6) is 0 Å². The lowest BCUT2D eigenvalue weighted by Gasteiger charge is -2.18. The molecule has 3 nitrogen and oxygen atoms in total. The monoisotopic (exact) mass is 221 g/mol. The molecule has 0 saturated carbocycles. The molecule has 0 aliphatic rings. The van der Waals surface area contributed by atoms with Gasteiger partial charge in [-0.2, -0.15) is 0 Å². The van der Waals surface area contributed by atoms with Crippen molar-refractivity contribution in [1.29, 1.82) is 0 Å². The summed E-state index contributed by atoms with van der Waals surface area (Å²) in [6.07, 6.45) is 6.08. The van der Waals surface area contributed by atoms with Crippen molar-refractivity contribution in [3.63, 3.8) is 0 Å². The zero-order chi connectivity index (χ0) is 12.0. The third kappa shape index (κ3) is 4.27. The lowest BCUT2D eigenvalue weighted by atomic mass is 10.0. The highest BCUT2D eigenvalue weighted by molar-refractivity contribution is 5.05. The molecule has 1 atom stereocenters. The zero-order valence-electron chi connectivity index (χ0n) is 10.8. The van der Waals surface area contributed by atoms with Gasteiger partial charge in [-0.25, -0.2) is 0 Å². The Hall–Kier alpha value is -0.960. The Morgan fingerprint density at radius 1 is 1.19 bits per heavy atom. The van der Waals surface area contributed by atoms with Crippen LogP contribution in [0.3, 0.4) is 0 Å². The summed E-state index contributed by atoms with van der Waals surface area (Å²) in [6.45, 7) is 9.57. The van der Waals surface area contributed by atoms with E-state index < -0.39 is 0 Å². The maximum absolute atomic E-state index is 4.45. The Kier molecular flexibility index (Phi) is 5.39. The van der Waals surface area contributed by atoms with Crippen molar-refractivity contribution in [1.82, 2.24) is 15.3 Å². The second-order valence-corrected chi connectivity index (χ2v) is 4.66. The number of hydrogen-bond acceptors (Lipinski definition) is 3. The van der Waals surface area contributed by atoms with Crippen LogP contribution in [0.15, 0.2) is 12.4 Å². The molecular formula is C13H23N3. The van der Waals surface area contributed by atoms with Gasteiger partial charge in [0.1, 0.15) is 0 Å². The number of nitrogens with zero attached hydrogens (tertiary/aromatic N) is 2. The second kappa shape index (κ2) is 6.59. The minimum atomic E-state index is 0.348. The molecule has 1 rings (SSSR count). The molecule has 0 aliphatic heterocycles. The molecule has 0 amide bonds. The van der Waals surface area contributed by atoms with Gasteiger partial charge in [0.2, 0.25) is 0 Å². The Morgan fingerprint density at radius 3 is 2.44 bits per heavy atom. The Labute approximate surface area is 98.7 Å². The minimum absolute atomic E-state index is 0.348. The molecule has 0 bridgehead atoms. The van der Waals surface area contributed by atoms with E-state index in [1.54, 1.807) is 0 Å². The average molecular weight is 221 g/mol. The van der Waals surface area contributed by atoms with E-state index in [1.165, 1.54) is 6.42 Å². The summed E-state index contributed by atoms with van der Waals surface area (Å²) in [5.41, 5.74) is 2.04. The average Bonchev–Trinajstić information content (AvgIpc) is 2.25. The van der Waals surface area contributed by atoms with Gasteiger partial charge in [-0.15, -0.1) is 0 Å². The SMILES string of the molecule is CCNC(CCC(C)C)c1cnc(C)cn1. The number of aromatic nitrogens is 2. The van der Waals surface area contributed by atoms with Crippen LogP contribution in [-0.4, -0.2) is 16.5 Å². The van der Waals surface area contributed by atoms with E-state index in [4.69, 9.17) is 0 Å². The van der Waals surface area contributed by atoms with Gasteiger partial charge < -0.3 is 5.32 Å². The molecule has 1 heterocycles. The molecule has 0 radical (unpaired) electrons. The third-order valence-electron chi connectivity index (χ3n) is 2.64. The molecule has 0 spiro atoms. The molecule has 0 fully saturated rings. The second-order valence-electron chi connectivity index (χ2n) is 4.66. The normalized spacial score (nSPS) is 13.1. The quantitative estimate of drug-likeness (QED) is 0.802. The zero-order valence-corrected chi connectivity index (χ0v) is 10.8. The van der Waals surface area contributed by atoms with E-state index in [1.807, 2.05) is 19.3 Å². The van der Waals surface area contributed by atoms with Crippen LogP contribution in [0.1, 0.15) is 51.0 Å². The number of rotatable bonds is 6. The van der Waals surface area contributed by atoms with E-state index in [-0.39, 0.29) is 0 Å². The van der Waals surface area contributed by atoms with E-state index in [9.17, 15) is 0 Å². The van der Waals surface area contributed by atoms with Crippen LogP contribution in [-0.2, 0) is 0 Å². The summed E-state index contributed by atoms with van der Waals surface area (Å²) in [5.74, 6) is 0.736. The van der Waals surface area contributed by atoms with Crippen molar-refractivity contribution >= 4 is 0 Å². The van der Waals surface area contributed by atoms with Crippen LogP contribution in [0.2, 0.25) is 0 Å². The van der Waals surface area contributed by atoms with Gasteiger partial charge in [0.05, 0.1) is 23.6 Å². The minimum Gasteiger partial charge on any atom is -0.309 e. The first-order valence-corrected chi connectivity index (χ1v) is 6.15. The standard InChI is InChI=1S/C13H23N3/c1-5-14-12(7-6-10(2)3)13-9-15-11(4)8-16-13/h8-10,12,14H,5-7H2,1-4H3. The van der Waals surface area contributed by atoms with Gasteiger partial charge in [-0.05, 0) is 32.2 Å². The van der Waals surface area contributed by atoms with E-state index >= 15 is 0 Å². The van der Waals surface area contributed by atoms with Crippen molar-refractivity contribution in [2.24, 2.45) is 5.92 Å². The van der Waals surface area contributed by atoms with Crippen molar-refractivity contribution in [3.05, 3.63) is 23.8 Å². The Balaban J connectivity index is 2.64. The maximum atomic E-state index is 4.45. The predicted octanol–water partition coefficient (Wildman–Crippen LogP) is 2.87. The lowest BCUT2D eigenvalue weighted by molar-refractivity contribution is 0.440. The highest BCUT2D eigenvalue weighted by atomic mass is 14.9. The van der Waals surface area contributed by atoms with Gasteiger partial charge in [0.25, 0.3) is 0 Å². The Morgan fingerprint density at radius 2 is 1.94 bits per heavy atom. The summed E-state index contributed by atoms with van der Waals surface area (Å²) >= 11 is 0. The van der Waals surface area contributed by atoms with Gasteiger partial charge in [-0.3, -0.25) is 9.97 Å². The first-order chi connectivity index (χ1) is 7.63. The number of nitrogens with one attached hydrogen (secondary N) is 1. The smallest absolute Gasteiger partial charge is 0.0756 e. The predicted molar refractivity (Wildman–Crippen MR) is 67.3 cm³/mol. The van der Waals surface area contributed by atoms with Gasteiger partial charge in [0.15, 0.2) is 0 Å². The number of hydrogen-bond donors (Lipinski definition) is 1.